The fraction of sp³-hybridized carbons (Fsp3) is 0.412. The second-order valence-electron chi connectivity index (χ2n) is 5.87. The number of aldehydes is 1. The Labute approximate surface area is 125 Å². The highest BCUT2D eigenvalue weighted by atomic mass is 16.1. The lowest BCUT2D eigenvalue weighted by Crippen LogP contribution is -2.31. The Morgan fingerprint density at radius 1 is 1.33 bits per heavy atom. The Hall–Kier alpha value is -2.10. The van der Waals surface area contributed by atoms with E-state index in [9.17, 15) is 4.79 Å². The first-order valence-corrected chi connectivity index (χ1v) is 7.52. The maximum absolute atomic E-state index is 11.5. The van der Waals surface area contributed by atoms with Crippen LogP contribution >= 0.6 is 0 Å². The van der Waals surface area contributed by atoms with Crippen LogP contribution in [0.2, 0.25) is 0 Å². The molecule has 0 N–H and O–H groups in total. The van der Waals surface area contributed by atoms with Crippen molar-refractivity contribution in [3.8, 4) is 5.69 Å². The fourth-order valence-electron chi connectivity index (χ4n) is 2.93. The van der Waals surface area contributed by atoms with Crippen LogP contribution in [-0.2, 0) is 0 Å². The molecule has 21 heavy (non-hydrogen) atoms. The second kappa shape index (κ2) is 5.72. The van der Waals surface area contributed by atoms with Crippen LogP contribution in [0.3, 0.4) is 0 Å². The van der Waals surface area contributed by atoms with Gasteiger partial charge in [0.1, 0.15) is 5.82 Å². The smallest absolute Gasteiger partial charge is 0.155 e. The Morgan fingerprint density at radius 2 is 2.05 bits per heavy atom. The van der Waals surface area contributed by atoms with Crippen LogP contribution < -0.4 is 4.90 Å². The minimum absolute atomic E-state index is 0.695. The molecule has 0 unspecified atom stereocenters. The predicted molar refractivity (Wildman–Crippen MR) is 84.3 cm³/mol. The van der Waals surface area contributed by atoms with Crippen LogP contribution in [0.4, 0.5) is 5.82 Å². The van der Waals surface area contributed by atoms with Crippen molar-refractivity contribution in [3.63, 3.8) is 0 Å². The molecule has 1 fully saturated rings. The summed E-state index contributed by atoms with van der Waals surface area (Å²) in [5, 5.41) is 4.57. The zero-order chi connectivity index (χ0) is 14.8. The van der Waals surface area contributed by atoms with Crippen molar-refractivity contribution in [1.29, 1.82) is 0 Å². The Kier molecular flexibility index (Phi) is 3.78. The van der Waals surface area contributed by atoms with E-state index >= 15 is 0 Å². The van der Waals surface area contributed by atoms with Crippen molar-refractivity contribution in [3.05, 3.63) is 41.6 Å². The van der Waals surface area contributed by atoms with Gasteiger partial charge in [-0.2, -0.15) is 5.10 Å². The second-order valence-corrected chi connectivity index (χ2v) is 5.87. The third kappa shape index (κ3) is 2.58. The lowest BCUT2D eigenvalue weighted by molar-refractivity contribution is 0.112. The number of benzene rings is 1. The summed E-state index contributed by atoms with van der Waals surface area (Å²) in [6.07, 6.45) is 4.84. The van der Waals surface area contributed by atoms with Crippen LogP contribution in [-0.4, -0.2) is 29.7 Å². The van der Waals surface area contributed by atoms with E-state index < -0.39 is 0 Å². The molecular weight excluding hydrogens is 262 g/mol. The van der Waals surface area contributed by atoms with Gasteiger partial charge < -0.3 is 4.90 Å². The number of carbonyl (C=O) groups excluding carboxylic acids is 1. The lowest BCUT2D eigenvalue weighted by atomic mass is 9.85. The van der Waals surface area contributed by atoms with Crippen molar-refractivity contribution >= 4 is 12.1 Å². The molecule has 0 saturated heterocycles. The average Bonchev–Trinajstić information content (AvgIpc) is 2.80. The molecule has 2 aromatic rings. The molecular formula is C17H21N3O. The van der Waals surface area contributed by atoms with E-state index in [0.717, 1.165) is 35.9 Å². The van der Waals surface area contributed by atoms with E-state index in [2.05, 4.69) is 17.0 Å². The highest BCUT2D eigenvalue weighted by Crippen LogP contribution is 2.31. The quantitative estimate of drug-likeness (QED) is 0.791. The standard InChI is InChI=1S/C17H21N3O/c1-13-16(12-21)17(19(2)11-14-7-6-8-14)20(18-13)15-9-4-3-5-10-15/h3-5,9-10,12,14H,6-8,11H2,1-2H3. The molecule has 0 amide bonds. The van der Waals surface area contributed by atoms with Gasteiger partial charge in [-0.25, -0.2) is 4.68 Å². The number of carbonyl (C=O) groups is 1. The zero-order valence-corrected chi connectivity index (χ0v) is 12.6. The zero-order valence-electron chi connectivity index (χ0n) is 12.6. The van der Waals surface area contributed by atoms with Gasteiger partial charge in [-0.3, -0.25) is 4.79 Å². The first-order chi connectivity index (χ1) is 10.2. The van der Waals surface area contributed by atoms with Crippen molar-refractivity contribution in [2.24, 2.45) is 5.92 Å². The number of para-hydroxylation sites is 1. The molecule has 0 atom stereocenters. The Bertz CT molecular complexity index is 629. The molecule has 1 aromatic carbocycles. The summed E-state index contributed by atoms with van der Waals surface area (Å²) < 4.78 is 1.89. The summed E-state index contributed by atoms with van der Waals surface area (Å²) >= 11 is 0. The van der Waals surface area contributed by atoms with Gasteiger partial charge in [-0.15, -0.1) is 0 Å². The minimum Gasteiger partial charge on any atom is -0.359 e. The number of aryl methyl sites for hydroxylation is 1. The third-order valence-electron chi connectivity index (χ3n) is 4.32. The topological polar surface area (TPSA) is 38.1 Å². The van der Waals surface area contributed by atoms with Crippen LogP contribution in [0.1, 0.15) is 35.3 Å². The molecule has 4 heteroatoms. The number of hydrogen-bond donors (Lipinski definition) is 0. The molecule has 0 spiro atoms. The molecule has 4 nitrogen and oxygen atoms in total. The maximum atomic E-state index is 11.5. The van der Waals surface area contributed by atoms with Crippen molar-refractivity contribution in [2.75, 3.05) is 18.5 Å². The van der Waals surface area contributed by atoms with Gasteiger partial charge in [0.15, 0.2) is 6.29 Å². The normalized spacial score (nSPS) is 14.8. The van der Waals surface area contributed by atoms with E-state index in [1.54, 1.807) is 0 Å². The van der Waals surface area contributed by atoms with Crippen LogP contribution in [0.15, 0.2) is 30.3 Å². The summed E-state index contributed by atoms with van der Waals surface area (Å²) in [5.41, 5.74) is 2.47. The fourth-order valence-corrected chi connectivity index (χ4v) is 2.93. The highest BCUT2D eigenvalue weighted by molar-refractivity contribution is 5.85. The van der Waals surface area contributed by atoms with Gasteiger partial charge >= 0.3 is 0 Å². The summed E-state index contributed by atoms with van der Waals surface area (Å²) in [4.78, 5) is 13.7. The van der Waals surface area contributed by atoms with Crippen molar-refractivity contribution in [1.82, 2.24) is 9.78 Å². The average molecular weight is 283 g/mol. The van der Waals surface area contributed by atoms with Gasteiger partial charge in [0.2, 0.25) is 0 Å². The molecule has 1 saturated carbocycles. The van der Waals surface area contributed by atoms with Gasteiger partial charge in [0.05, 0.1) is 16.9 Å². The summed E-state index contributed by atoms with van der Waals surface area (Å²) in [6.45, 7) is 2.88. The van der Waals surface area contributed by atoms with Crippen LogP contribution in [0, 0.1) is 12.8 Å². The third-order valence-corrected chi connectivity index (χ3v) is 4.32. The predicted octanol–water partition coefficient (Wildman–Crippen LogP) is 3.23. The van der Waals surface area contributed by atoms with Crippen LogP contribution in [0.25, 0.3) is 5.69 Å². The molecule has 0 radical (unpaired) electrons. The molecule has 0 bridgehead atoms. The van der Waals surface area contributed by atoms with E-state index in [1.807, 2.05) is 41.9 Å². The van der Waals surface area contributed by atoms with Crippen molar-refractivity contribution < 1.29 is 4.79 Å². The van der Waals surface area contributed by atoms with E-state index in [4.69, 9.17) is 0 Å². The summed E-state index contributed by atoms with van der Waals surface area (Å²) in [6, 6.07) is 9.99. The number of nitrogens with zero attached hydrogens (tertiary/aromatic N) is 3. The summed E-state index contributed by atoms with van der Waals surface area (Å²) in [7, 11) is 2.06. The largest absolute Gasteiger partial charge is 0.359 e. The minimum atomic E-state index is 0.695. The van der Waals surface area contributed by atoms with Crippen molar-refractivity contribution in [2.45, 2.75) is 26.2 Å². The molecule has 0 aliphatic heterocycles. The molecule has 1 aliphatic rings. The van der Waals surface area contributed by atoms with Gasteiger partial charge in [0.25, 0.3) is 0 Å². The number of anilines is 1. The molecule has 110 valence electrons. The first-order valence-electron chi connectivity index (χ1n) is 7.52. The van der Waals surface area contributed by atoms with E-state index in [1.165, 1.54) is 19.3 Å². The monoisotopic (exact) mass is 283 g/mol. The molecule has 1 heterocycles. The lowest BCUT2D eigenvalue weighted by Gasteiger charge is -2.31. The highest BCUT2D eigenvalue weighted by Gasteiger charge is 2.24. The summed E-state index contributed by atoms with van der Waals surface area (Å²) in [5.74, 6) is 1.65. The van der Waals surface area contributed by atoms with E-state index in [-0.39, 0.29) is 0 Å². The van der Waals surface area contributed by atoms with Crippen LogP contribution in [0.5, 0.6) is 0 Å². The van der Waals surface area contributed by atoms with Gasteiger partial charge in [0, 0.05) is 13.6 Å². The maximum Gasteiger partial charge on any atom is 0.155 e. The number of aromatic nitrogens is 2. The molecule has 3 rings (SSSR count). The molecule has 1 aliphatic carbocycles. The molecule has 1 aromatic heterocycles. The first kappa shape index (κ1) is 13.9. The SMILES string of the molecule is Cc1nn(-c2ccccc2)c(N(C)CC2CCC2)c1C=O. The number of rotatable bonds is 5. The van der Waals surface area contributed by atoms with Gasteiger partial charge in [-0.05, 0) is 37.8 Å². The van der Waals surface area contributed by atoms with Gasteiger partial charge in [-0.1, -0.05) is 24.6 Å². The Balaban J connectivity index is 2.01. The number of hydrogen-bond acceptors (Lipinski definition) is 3. The Morgan fingerprint density at radius 3 is 2.62 bits per heavy atom. The van der Waals surface area contributed by atoms with E-state index in [0.29, 0.717) is 5.56 Å².